The number of nitrogen functional groups attached to an aromatic ring is 1. The lowest BCUT2D eigenvalue weighted by Gasteiger charge is -2.17. The number of anilines is 2. The highest BCUT2D eigenvalue weighted by Gasteiger charge is 2.25. The molecule has 21 heavy (non-hydrogen) atoms. The first kappa shape index (κ1) is 16.5. The molecule has 1 fully saturated rings. The minimum Gasteiger partial charge on any atom is -0.397 e. The molecule has 0 aromatic heterocycles. The van der Waals surface area contributed by atoms with Crippen molar-refractivity contribution in [1.82, 2.24) is 4.72 Å². The smallest absolute Gasteiger partial charge is 0.240 e. The standard InChI is InChI=1S/C14H23N3O2S2/c1-3-20-11-5-4-10(8-11)17-14-9-12(6-7-13(14)15)21(18,19)16-2/h6-7,9-11,16-17H,3-5,8,15H2,1-2H3. The van der Waals surface area contributed by atoms with Crippen molar-refractivity contribution in [1.29, 1.82) is 0 Å². The van der Waals surface area contributed by atoms with Gasteiger partial charge in [-0.25, -0.2) is 13.1 Å². The number of hydrogen-bond acceptors (Lipinski definition) is 5. The van der Waals surface area contributed by atoms with Gasteiger partial charge < -0.3 is 11.1 Å². The van der Waals surface area contributed by atoms with E-state index in [0.29, 0.717) is 22.7 Å². The van der Waals surface area contributed by atoms with Crippen molar-refractivity contribution in [3.63, 3.8) is 0 Å². The quantitative estimate of drug-likeness (QED) is 0.697. The summed E-state index contributed by atoms with van der Waals surface area (Å²) in [5.41, 5.74) is 7.25. The van der Waals surface area contributed by atoms with Crippen LogP contribution in [0.3, 0.4) is 0 Å². The fourth-order valence-corrected chi connectivity index (χ4v) is 4.52. The number of hydrogen-bond donors (Lipinski definition) is 3. The zero-order valence-electron chi connectivity index (χ0n) is 12.4. The van der Waals surface area contributed by atoms with Gasteiger partial charge in [-0.2, -0.15) is 11.8 Å². The highest BCUT2D eigenvalue weighted by molar-refractivity contribution is 7.99. The number of sulfonamides is 1. The highest BCUT2D eigenvalue weighted by atomic mass is 32.2. The van der Waals surface area contributed by atoms with Gasteiger partial charge >= 0.3 is 0 Å². The first-order valence-corrected chi connectivity index (χ1v) is 9.70. The Morgan fingerprint density at radius 1 is 1.38 bits per heavy atom. The van der Waals surface area contributed by atoms with E-state index in [9.17, 15) is 8.42 Å². The van der Waals surface area contributed by atoms with E-state index in [-0.39, 0.29) is 4.90 Å². The van der Waals surface area contributed by atoms with Gasteiger partial charge in [0.2, 0.25) is 10.0 Å². The van der Waals surface area contributed by atoms with Gasteiger partial charge in [0, 0.05) is 11.3 Å². The minimum atomic E-state index is -3.44. The van der Waals surface area contributed by atoms with Crippen LogP contribution >= 0.6 is 11.8 Å². The molecule has 0 spiro atoms. The summed E-state index contributed by atoms with van der Waals surface area (Å²) in [6.45, 7) is 2.18. The molecule has 2 unspecified atom stereocenters. The predicted octanol–water partition coefficient (Wildman–Crippen LogP) is 2.26. The first-order chi connectivity index (χ1) is 9.96. The molecule has 4 N–H and O–H groups in total. The number of nitrogens with one attached hydrogen (secondary N) is 2. The average Bonchev–Trinajstić information content (AvgIpc) is 2.89. The van der Waals surface area contributed by atoms with Crippen LogP contribution in [0.15, 0.2) is 23.1 Å². The second-order valence-electron chi connectivity index (χ2n) is 5.19. The van der Waals surface area contributed by atoms with Crippen LogP contribution in [-0.2, 0) is 10.0 Å². The molecule has 1 saturated carbocycles. The Labute approximate surface area is 131 Å². The SMILES string of the molecule is CCSC1CCC(Nc2cc(S(=O)(=O)NC)ccc2N)C1. The summed E-state index contributed by atoms with van der Waals surface area (Å²) < 4.78 is 26.0. The summed E-state index contributed by atoms with van der Waals surface area (Å²) in [4.78, 5) is 0.235. The summed E-state index contributed by atoms with van der Waals surface area (Å²) in [6.07, 6.45) is 3.39. The van der Waals surface area contributed by atoms with Crippen molar-refractivity contribution in [3.05, 3.63) is 18.2 Å². The molecule has 0 heterocycles. The van der Waals surface area contributed by atoms with E-state index in [0.717, 1.165) is 18.6 Å². The Kier molecular flexibility index (Phi) is 5.40. The van der Waals surface area contributed by atoms with Gasteiger partial charge in [0.15, 0.2) is 0 Å². The van der Waals surface area contributed by atoms with Gasteiger partial charge in [0.25, 0.3) is 0 Å². The minimum absolute atomic E-state index is 0.235. The molecule has 7 heteroatoms. The fraction of sp³-hybridized carbons (Fsp3) is 0.571. The molecule has 0 radical (unpaired) electrons. The van der Waals surface area contributed by atoms with Gasteiger partial charge in [0.1, 0.15) is 0 Å². The van der Waals surface area contributed by atoms with Crippen LogP contribution in [0.4, 0.5) is 11.4 Å². The Hall–Kier alpha value is -0.920. The number of thioether (sulfide) groups is 1. The third kappa shape index (κ3) is 4.05. The zero-order valence-corrected chi connectivity index (χ0v) is 14.1. The Morgan fingerprint density at radius 2 is 2.14 bits per heavy atom. The van der Waals surface area contributed by atoms with Crippen molar-refractivity contribution >= 4 is 33.2 Å². The molecule has 1 aromatic carbocycles. The van der Waals surface area contributed by atoms with E-state index in [4.69, 9.17) is 5.73 Å². The van der Waals surface area contributed by atoms with Crippen LogP contribution in [0.1, 0.15) is 26.2 Å². The van der Waals surface area contributed by atoms with Crippen LogP contribution in [0.2, 0.25) is 0 Å². The van der Waals surface area contributed by atoms with E-state index in [1.165, 1.54) is 19.5 Å². The molecule has 2 atom stereocenters. The van der Waals surface area contributed by atoms with Crippen LogP contribution < -0.4 is 15.8 Å². The second kappa shape index (κ2) is 6.89. The molecule has 0 amide bonds. The molecule has 0 bridgehead atoms. The average molecular weight is 329 g/mol. The summed E-state index contributed by atoms with van der Waals surface area (Å²) >= 11 is 1.99. The Morgan fingerprint density at radius 3 is 2.81 bits per heavy atom. The zero-order chi connectivity index (χ0) is 15.5. The third-order valence-electron chi connectivity index (χ3n) is 3.75. The lowest BCUT2D eigenvalue weighted by atomic mass is 10.2. The van der Waals surface area contributed by atoms with E-state index < -0.39 is 10.0 Å². The normalized spacial score (nSPS) is 22.4. The van der Waals surface area contributed by atoms with Crippen molar-refractivity contribution in [2.45, 2.75) is 42.4 Å². The van der Waals surface area contributed by atoms with Crippen molar-refractivity contribution < 1.29 is 8.42 Å². The molecule has 0 saturated heterocycles. The van der Waals surface area contributed by atoms with E-state index in [1.807, 2.05) is 11.8 Å². The summed E-state index contributed by atoms with van der Waals surface area (Å²) in [5, 5.41) is 4.10. The summed E-state index contributed by atoms with van der Waals surface area (Å²) in [6, 6.07) is 5.14. The van der Waals surface area contributed by atoms with Crippen molar-refractivity contribution in [2.75, 3.05) is 23.9 Å². The predicted molar refractivity (Wildman–Crippen MR) is 90.3 cm³/mol. The van der Waals surface area contributed by atoms with Crippen LogP contribution in [0, 0.1) is 0 Å². The maximum atomic E-state index is 11.9. The Bertz CT molecular complexity index is 590. The molecule has 1 aliphatic carbocycles. The first-order valence-electron chi connectivity index (χ1n) is 7.17. The molecule has 2 rings (SSSR count). The fourth-order valence-electron chi connectivity index (χ4n) is 2.62. The van der Waals surface area contributed by atoms with Gasteiger partial charge in [-0.1, -0.05) is 6.92 Å². The van der Waals surface area contributed by atoms with Gasteiger partial charge in [-0.05, 0) is 50.3 Å². The van der Waals surface area contributed by atoms with Gasteiger partial charge in [-0.3, -0.25) is 0 Å². The molecular formula is C14H23N3O2S2. The van der Waals surface area contributed by atoms with Gasteiger partial charge in [0.05, 0.1) is 16.3 Å². The van der Waals surface area contributed by atoms with Crippen molar-refractivity contribution in [2.24, 2.45) is 0 Å². The third-order valence-corrected chi connectivity index (χ3v) is 6.40. The second-order valence-corrected chi connectivity index (χ2v) is 8.65. The topological polar surface area (TPSA) is 84.2 Å². The van der Waals surface area contributed by atoms with Crippen LogP contribution in [0.5, 0.6) is 0 Å². The van der Waals surface area contributed by atoms with E-state index in [1.54, 1.807) is 12.1 Å². The van der Waals surface area contributed by atoms with Crippen molar-refractivity contribution in [3.8, 4) is 0 Å². The molecule has 1 aromatic rings. The lowest BCUT2D eigenvalue weighted by Crippen LogP contribution is -2.20. The monoisotopic (exact) mass is 329 g/mol. The highest BCUT2D eigenvalue weighted by Crippen LogP contribution is 2.33. The van der Waals surface area contributed by atoms with Crippen LogP contribution in [0.25, 0.3) is 0 Å². The molecule has 118 valence electrons. The molecular weight excluding hydrogens is 306 g/mol. The molecule has 5 nitrogen and oxygen atoms in total. The Balaban J connectivity index is 2.12. The lowest BCUT2D eigenvalue weighted by molar-refractivity contribution is 0.588. The maximum absolute atomic E-state index is 11.9. The molecule has 1 aliphatic rings. The van der Waals surface area contributed by atoms with E-state index in [2.05, 4.69) is 17.0 Å². The largest absolute Gasteiger partial charge is 0.397 e. The maximum Gasteiger partial charge on any atom is 0.240 e. The van der Waals surface area contributed by atoms with E-state index >= 15 is 0 Å². The molecule has 0 aliphatic heterocycles. The summed E-state index contributed by atoms with van der Waals surface area (Å²) in [7, 11) is -2.04. The number of nitrogens with two attached hydrogens (primary N) is 1. The number of rotatable bonds is 6. The number of benzene rings is 1. The van der Waals surface area contributed by atoms with Crippen LogP contribution in [-0.4, -0.2) is 32.5 Å². The van der Waals surface area contributed by atoms with Gasteiger partial charge in [-0.15, -0.1) is 0 Å². The summed E-state index contributed by atoms with van der Waals surface area (Å²) in [5.74, 6) is 1.13.